The Morgan fingerprint density at radius 1 is 1.55 bits per heavy atom. The van der Waals surface area contributed by atoms with E-state index in [4.69, 9.17) is 0 Å². The molecule has 2 nitrogen and oxygen atoms in total. The van der Waals surface area contributed by atoms with Crippen LogP contribution in [-0.2, 0) is 0 Å². The summed E-state index contributed by atoms with van der Waals surface area (Å²) in [7, 11) is 0. The normalized spacial score (nSPS) is 9.64. The Labute approximate surface area is 65.5 Å². The summed E-state index contributed by atoms with van der Waals surface area (Å²) in [6.45, 7) is 2.97. The Morgan fingerprint density at radius 2 is 2.36 bits per heavy atom. The van der Waals surface area contributed by atoms with Gasteiger partial charge in [0.25, 0.3) is 0 Å². The van der Waals surface area contributed by atoms with E-state index >= 15 is 0 Å². The summed E-state index contributed by atoms with van der Waals surface area (Å²) in [4.78, 5) is 3.50. The van der Waals surface area contributed by atoms with Gasteiger partial charge in [-0.05, 0) is 18.6 Å². The molecule has 3 heteroatoms. The summed E-state index contributed by atoms with van der Waals surface area (Å²) in [6.07, 6.45) is 2.54. The first-order valence-electron chi connectivity index (χ1n) is 3.68. The molecule has 0 saturated heterocycles. The van der Waals surface area contributed by atoms with Gasteiger partial charge in [0.15, 0.2) is 0 Å². The minimum absolute atomic E-state index is 0.438. The van der Waals surface area contributed by atoms with Crippen LogP contribution in [0, 0.1) is 5.95 Å². The first-order chi connectivity index (χ1) is 5.33. The van der Waals surface area contributed by atoms with E-state index in [2.05, 4.69) is 17.2 Å². The molecule has 0 aliphatic carbocycles. The van der Waals surface area contributed by atoms with Gasteiger partial charge in [-0.15, -0.1) is 0 Å². The molecular formula is C8H11FN2. The van der Waals surface area contributed by atoms with Crippen LogP contribution >= 0.6 is 0 Å². The predicted molar refractivity (Wildman–Crippen MR) is 43.0 cm³/mol. The fourth-order valence-corrected chi connectivity index (χ4v) is 0.750. The Kier molecular flexibility index (Phi) is 2.83. The van der Waals surface area contributed by atoms with Crippen LogP contribution in [0.4, 0.5) is 10.1 Å². The number of nitrogens with one attached hydrogen (secondary N) is 1. The minimum Gasteiger partial charge on any atom is -0.384 e. The van der Waals surface area contributed by atoms with Gasteiger partial charge >= 0.3 is 0 Å². The summed E-state index contributed by atoms with van der Waals surface area (Å²) < 4.78 is 12.3. The highest BCUT2D eigenvalue weighted by Gasteiger charge is 1.91. The van der Waals surface area contributed by atoms with Gasteiger partial charge in [0.1, 0.15) is 0 Å². The van der Waals surface area contributed by atoms with Crippen LogP contribution in [0.25, 0.3) is 0 Å². The number of aromatic nitrogens is 1. The van der Waals surface area contributed by atoms with Crippen molar-refractivity contribution < 1.29 is 4.39 Å². The zero-order valence-corrected chi connectivity index (χ0v) is 6.47. The molecule has 0 amide bonds. The molecule has 0 aromatic carbocycles. The number of hydrogen-bond donors (Lipinski definition) is 1. The van der Waals surface area contributed by atoms with Crippen molar-refractivity contribution in [2.75, 3.05) is 11.9 Å². The van der Waals surface area contributed by atoms with Gasteiger partial charge in [0.05, 0.1) is 11.9 Å². The quantitative estimate of drug-likeness (QED) is 0.674. The van der Waals surface area contributed by atoms with Crippen molar-refractivity contribution in [3.8, 4) is 0 Å². The molecule has 0 spiro atoms. The van der Waals surface area contributed by atoms with Crippen LogP contribution in [0.2, 0.25) is 0 Å². The standard InChI is InChI=1S/C8H11FN2/c1-2-5-10-7-3-4-8(9)11-6-7/h3-4,6,10H,2,5H2,1H3. The van der Waals surface area contributed by atoms with Gasteiger partial charge in [-0.3, -0.25) is 0 Å². The summed E-state index contributed by atoms with van der Waals surface area (Å²) in [6, 6.07) is 3.02. The molecule has 0 atom stereocenters. The lowest BCUT2D eigenvalue weighted by molar-refractivity contribution is 0.584. The predicted octanol–water partition coefficient (Wildman–Crippen LogP) is 2.04. The van der Waals surface area contributed by atoms with Gasteiger partial charge in [0, 0.05) is 6.54 Å². The van der Waals surface area contributed by atoms with E-state index in [0.717, 1.165) is 18.7 Å². The van der Waals surface area contributed by atoms with Crippen LogP contribution < -0.4 is 5.32 Å². The van der Waals surface area contributed by atoms with Gasteiger partial charge in [0.2, 0.25) is 5.95 Å². The third kappa shape index (κ3) is 2.53. The Hall–Kier alpha value is -1.12. The van der Waals surface area contributed by atoms with Gasteiger partial charge in [-0.25, -0.2) is 4.98 Å². The molecule has 1 N–H and O–H groups in total. The average Bonchev–Trinajstić information content (AvgIpc) is 2.04. The van der Waals surface area contributed by atoms with Crippen molar-refractivity contribution in [1.29, 1.82) is 0 Å². The van der Waals surface area contributed by atoms with Crippen LogP contribution in [0.15, 0.2) is 18.3 Å². The number of nitrogens with zero attached hydrogens (tertiary/aromatic N) is 1. The number of halogens is 1. The first-order valence-corrected chi connectivity index (χ1v) is 3.68. The fraction of sp³-hybridized carbons (Fsp3) is 0.375. The molecule has 0 unspecified atom stereocenters. The molecule has 0 fully saturated rings. The monoisotopic (exact) mass is 154 g/mol. The highest BCUT2D eigenvalue weighted by molar-refractivity contribution is 5.39. The van der Waals surface area contributed by atoms with E-state index in [-0.39, 0.29) is 0 Å². The average molecular weight is 154 g/mol. The SMILES string of the molecule is CCCNc1ccc(F)nc1. The second-order valence-electron chi connectivity index (χ2n) is 2.30. The second-order valence-corrected chi connectivity index (χ2v) is 2.30. The maximum atomic E-state index is 12.3. The zero-order chi connectivity index (χ0) is 8.10. The number of pyridine rings is 1. The number of anilines is 1. The largest absolute Gasteiger partial charge is 0.384 e. The lowest BCUT2D eigenvalue weighted by atomic mass is 10.4. The Balaban J connectivity index is 2.52. The number of hydrogen-bond acceptors (Lipinski definition) is 2. The van der Waals surface area contributed by atoms with Crippen molar-refractivity contribution in [3.05, 3.63) is 24.3 Å². The van der Waals surface area contributed by atoms with Crippen LogP contribution in [-0.4, -0.2) is 11.5 Å². The first kappa shape index (κ1) is 7.98. The molecule has 1 rings (SSSR count). The van der Waals surface area contributed by atoms with Gasteiger partial charge < -0.3 is 5.32 Å². The molecule has 11 heavy (non-hydrogen) atoms. The maximum absolute atomic E-state index is 12.3. The maximum Gasteiger partial charge on any atom is 0.212 e. The highest BCUT2D eigenvalue weighted by atomic mass is 19.1. The molecule has 0 saturated carbocycles. The minimum atomic E-state index is -0.438. The topological polar surface area (TPSA) is 24.9 Å². The van der Waals surface area contributed by atoms with E-state index < -0.39 is 5.95 Å². The third-order valence-electron chi connectivity index (χ3n) is 1.31. The summed E-state index contributed by atoms with van der Waals surface area (Å²) in [5.41, 5.74) is 0.869. The second kappa shape index (κ2) is 3.91. The third-order valence-corrected chi connectivity index (χ3v) is 1.31. The zero-order valence-electron chi connectivity index (χ0n) is 6.47. The van der Waals surface area contributed by atoms with Crippen LogP contribution in [0.3, 0.4) is 0 Å². The van der Waals surface area contributed by atoms with Crippen molar-refractivity contribution in [3.63, 3.8) is 0 Å². The van der Waals surface area contributed by atoms with Crippen molar-refractivity contribution in [2.45, 2.75) is 13.3 Å². The van der Waals surface area contributed by atoms with Crippen LogP contribution in [0.5, 0.6) is 0 Å². The summed E-state index contributed by atoms with van der Waals surface area (Å²) in [5, 5.41) is 3.09. The molecule has 0 bridgehead atoms. The van der Waals surface area contributed by atoms with E-state index in [0.29, 0.717) is 0 Å². The van der Waals surface area contributed by atoms with E-state index in [1.807, 2.05) is 0 Å². The fourth-order valence-electron chi connectivity index (χ4n) is 0.750. The molecule has 1 aromatic heterocycles. The Bertz CT molecular complexity index is 208. The summed E-state index contributed by atoms with van der Waals surface area (Å²) in [5.74, 6) is -0.438. The molecule has 0 aliphatic heterocycles. The number of rotatable bonds is 3. The lowest BCUT2D eigenvalue weighted by Crippen LogP contribution is -1.99. The van der Waals surface area contributed by atoms with E-state index in [1.54, 1.807) is 6.07 Å². The van der Waals surface area contributed by atoms with Crippen molar-refractivity contribution in [1.82, 2.24) is 4.98 Å². The Morgan fingerprint density at radius 3 is 2.91 bits per heavy atom. The molecule has 1 aromatic rings. The smallest absolute Gasteiger partial charge is 0.212 e. The van der Waals surface area contributed by atoms with E-state index in [9.17, 15) is 4.39 Å². The van der Waals surface area contributed by atoms with Crippen molar-refractivity contribution in [2.24, 2.45) is 0 Å². The summed E-state index contributed by atoms with van der Waals surface area (Å²) >= 11 is 0. The lowest BCUT2D eigenvalue weighted by Gasteiger charge is -2.01. The highest BCUT2D eigenvalue weighted by Crippen LogP contribution is 2.04. The molecule has 60 valence electrons. The molecule has 0 aliphatic rings. The van der Waals surface area contributed by atoms with Crippen molar-refractivity contribution >= 4 is 5.69 Å². The molecular weight excluding hydrogens is 143 g/mol. The molecule has 0 radical (unpaired) electrons. The van der Waals surface area contributed by atoms with E-state index in [1.165, 1.54) is 12.3 Å². The molecule has 1 heterocycles. The van der Waals surface area contributed by atoms with Crippen LogP contribution in [0.1, 0.15) is 13.3 Å². The van der Waals surface area contributed by atoms with Gasteiger partial charge in [-0.2, -0.15) is 4.39 Å². The van der Waals surface area contributed by atoms with Gasteiger partial charge in [-0.1, -0.05) is 6.92 Å².